The number of ether oxygens (including phenoxy) is 2. The van der Waals surface area contributed by atoms with Crippen LogP contribution in [0, 0.1) is 6.92 Å². The molecule has 1 aliphatic heterocycles. The van der Waals surface area contributed by atoms with Crippen molar-refractivity contribution in [3.63, 3.8) is 0 Å². The van der Waals surface area contributed by atoms with Gasteiger partial charge in [0.05, 0.1) is 6.61 Å². The first kappa shape index (κ1) is 18.4. The van der Waals surface area contributed by atoms with Crippen LogP contribution in [0.2, 0.25) is 0 Å². The van der Waals surface area contributed by atoms with E-state index < -0.39 is 0 Å². The van der Waals surface area contributed by atoms with Crippen molar-refractivity contribution in [3.8, 4) is 0 Å². The summed E-state index contributed by atoms with van der Waals surface area (Å²) in [4.78, 5) is 24.4. The molecule has 0 saturated carbocycles. The van der Waals surface area contributed by atoms with Crippen molar-refractivity contribution in [2.24, 2.45) is 0 Å². The normalized spacial score (nSPS) is 13.7. The molecule has 2 rings (SSSR count). The summed E-state index contributed by atoms with van der Waals surface area (Å²) in [5, 5.41) is 7.34. The molecule has 0 bridgehead atoms. The molecular weight excluding hydrogens is 328 g/mol. The standard InChI is InChI=1S/C17H22N2O4S/c1-12-4-5-13(16(20)18-6-3-7-22-2)10-14(12)19-17(21)15-11-24-9-8-23-15/h4-5,10-11H,3,6-9H2,1-2H3,(H,18,20)(H,19,21). The number of amides is 2. The van der Waals surface area contributed by atoms with Crippen molar-refractivity contribution in [3.05, 3.63) is 40.5 Å². The van der Waals surface area contributed by atoms with Crippen LogP contribution in [0.5, 0.6) is 0 Å². The lowest BCUT2D eigenvalue weighted by molar-refractivity contribution is -0.116. The quantitative estimate of drug-likeness (QED) is 0.738. The number of anilines is 1. The third-order valence-corrected chi connectivity index (χ3v) is 4.21. The minimum absolute atomic E-state index is 0.176. The Morgan fingerprint density at radius 1 is 1.33 bits per heavy atom. The Morgan fingerprint density at radius 3 is 2.88 bits per heavy atom. The first-order chi connectivity index (χ1) is 11.6. The van der Waals surface area contributed by atoms with Gasteiger partial charge in [-0.15, -0.1) is 11.8 Å². The van der Waals surface area contributed by atoms with E-state index >= 15 is 0 Å². The van der Waals surface area contributed by atoms with Crippen LogP contribution in [-0.4, -0.2) is 44.4 Å². The van der Waals surface area contributed by atoms with Crippen LogP contribution in [-0.2, 0) is 14.3 Å². The molecule has 1 heterocycles. The number of rotatable bonds is 7. The molecule has 2 N–H and O–H groups in total. The van der Waals surface area contributed by atoms with Crippen LogP contribution in [0.3, 0.4) is 0 Å². The third kappa shape index (κ3) is 5.28. The maximum atomic E-state index is 12.2. The highest BCUT2D eigenvalue weighted by Gasteiger charge is 2.16. The molecule has 6 nitrogen and oxygen atoms in total. The molecule has 0 aromatic heterocycles. The van der Waals surface area contributed by atoms with E-state index in [0.29, 0.717) is 36.8 Å². The highest BCUT2D eigenvalue weighted by Crippen LogP contribution is 2.20. The lowest BCUT2D eigenvalue weighted by atomic mass is 10.1. The van der Waals surface area contributed by atoms with Crippen molar-refractivity contribution < 1.29 is 19.1 Å². The van der Waals surface area contributed by atoms with Gasteiger partial charge < -0.3 is 20.1 Å². The second-order valence-corrected chi connectivity index (χ2v) is 6.26. The Kier molecular flexibility index (Phi) is 7.14. The average Bonchev–Trinajstić information content (AvgIpc) is 2.61. The Hall–Kier alpha value is -1.99. The molecule has 0 saturated heterocycles. The minimum Gasteiger partial charge on any atom is -0.487 e. The summed E-state index contributed by atoms with van der Waals surface area (Å²) in [5.74, 6) is 0.669. The summed E-state index contributed by atoms with van der Waals surface area (Å²) in [5.41, 5.74) is 1.98. The first-order valence-corrected chi connectivity index (χ1v) is 8.80. The molecule has 0 fully saturated rings. The Labute approximate surface area is 146 Å². The fourth-order valence-electron chi connectivity index (χ4n) is 2.09. The number of aryl methyl sites for hydroxylation is 1. The van der Waals surface area contributed by atoms with Gasteiger partial charge in [0.1, 0.15) is 0 Å². The van der Waals surface area contributed by atoms with Crippen molar-refractivity contribution >= 4 is 29.3 Å². The van der Waals surface area contributed by atoms with Crippen LogP contribution in [0.15, 0.2) is 29.4 Å². The number of carbonyl (C=O) groups excluding carboxylic acids is 2. The van der Waals surface area contributed by atoms with Crippen molar-refractivity contribution in [1.29, 1.82) is 0 Å². The van der Waals surface area contributed by atoms with Gasteiger partial charge >= 0.3 is 0 Å². The molecule has 0 atom stereocenters. The van der Waals surface area contributed by atoms with E-state index in [1.165, 1.54) is 0 Å². The van der Waals surface area contributed by atoms with Gasteiger partial charge in [0.25, 0.3) is 11.8 Å². The van der Waals surface area contributed by atoms with Gasteiger partial charge in [0.2, 0.25) is 0 Å². The number of nitrogens with one attached hydrogen (secondary N) is 2. The topological polar surface area (TPSA) is 76.7 Å². The van der Waals surface area contributed by atoms with E-state index in [-0.39, 0.29) is 11.8 Å². The molecule has 7 heteroatoms. The molecule has 24 heavy (non-hydrogen) atoms. The largest absolute Gasteiger partial charge is 0.487 e. The second kappa shape index (κ2) is 9.34. The Bertz CT molecular complexity index is 631. The van der Waals surface area contributed by atoms with Gasteiger partial charge in [-0.1, -0.05) is 6.07 Å². The molecule has 1 aromatic rings. The van der Waals surface area contributed by atoms with Gasteiger partial charge in [-0.25, -0.2) is 0 Å². The molecular formula is C17H22N2O4S. The summed E-state index contributed by atoms with van der Waals surface area (Å²) in [6.45, 7) is 3.54. The summed E-state index contributed by atoms with van der Waals surface area (Å²) in [7, 11) is 1.63. The first-order valence-electron chi connectivity index (χ1n) is 7.75. The fraction of sp³-hybridized carbons (Fsp3) is 0.412. The van der Waals surface area contributed by atoms with E-state index in [1.807, 2.05) is 13.0 Å². The Balaban J connectivity index is 2.01. The Morgan fingerprint density at radius 2 is 2.17 bits per heavy atom. The van der Waals surface area contributed by atoms with Gasteiger partial charge in [-0.2, -0.15) is 0 Å². The van der Waals surface area contributed by atoms with E-state index in [1.54, 1.807) is 36.4 Å². The summed E-state index contributed by atoms with van der Waals surface area (Å²) in [6.07, 6.45) is 0.751. The van der Waals surface area contributed by atoms with Gasteiger partial charge in [-0.05, 0) is 31.0 Å². The fourth-order valence-corrected chi connectivity index (χ4v) is 2.71. The van der Waals surface area contributed by atoms with Crippen molar-refractivity contribution in [2.75, 3.05) is 37.9 Å². The van der Waals surface area contributed by atoms with E-state index in [4.69, 9.17) is 9.47 Å². The monoisotopic (exact) mass is 350 g/mol. The predicted molar refractivity (Wildman–Crippen MR) is 95.1 cm³/mol. The van der Waals surface area contributed by atoms with Gasteiger partial charge in [0.15, 0.2) is 5.76 Å². The lowest BCUT2D eigenvalue weighted by Crippen LogP contribution is -2.25. The van der Waals surface area contributed by atoms with Gasteiger partial charge in [0, 0.05) is 42.7 Å². The zero-order valence-electron chi connectivity index (χ0n) is 13.9. The molecule has 0 radical (unpaired) electrons. The van der Waals surface area contributed by atoms with Crippen molar-refractivity contribution in [1.82, 2.24) is 5.32 Å². The molecule has 2 amide bonds. The minimum atomic E-state index is -0.303. The summed E-state index contributed by atoms with van der Waals surface area (Å²) >= 11 is 1.54. The summed E-state index contributed by atoms with van der Waals surface area (Å²) in [6, 6.07) is 5.23. The predicted octanol–water partition coefficient (Wildman–Crippen LogP) is 2.30. The van der Waals surface area contributed by atoms with E-state index in [9.17, 15) is 9.59 Å². The molecule has 1 aliphatic rings. The zero-order valence-corrected chi connectivity index (χ0v) is 14.7. The van der Waals surface area contributed by atoms with Crippen LogP contribution in [0.25, 0.3) is 0 Å². The highest BCUT2D eigenvalue weighted by atomic mass is 32.2. The molecule has 1 aromatic carbocycles. The molecule has 0 aliphatic carbocycles. The molecule has 0 spiro atoms. The lowest BCUT2D eigenvalue weighted by Gasteiger charge is -2.15. The van der Waals surface area contributed by atoms with Crippen LogP contribution >= 0.6 is 11.8 Å². The highest BCUT2D eigenvalue weighted by molar-refractivity contribution is 8.02. The maximum Gasteiger partial charge on any atom is 0.291 e. The third-order valence-electron chi connectivity index (χ3n) is 3.43. The number of benzene rings is 1. The van der Waals surface area contributed by atoms with Crippen LogP contribution in [0.1, 0.15) is 22.3 Å². The molecule has 130 valence electrons. The molecule has 0 unspecified atom stereocenters. The average molecular weight is 350 g/mol. The van der Waals surface area contributed by atoms with Crippen LogP contribution in [0.4, 0.5) is 5.69 Å². The SMILES string of the molecule is COCCCNC(=O)c1ccc(C)c(NC(=O)C2=CSCCO2)c1. The zero-order chi connectivity index (χ0) is 17.4. The number of hydrogen-bond acceptors (Lipinski definition) is 5. The summed E-state index contributed by atoms with van der Waals surface area (Å²) < 4.78 is 10.3. The number of hydrogen-bond donors (Lipinski definition) is 2. The number of thioether (sulfide) groups is 1. The number of carbonyl (C=O) groups is 2. The van der Waals surface area contributed by atoms with E-state index in [2.05, 4.69) is 10.6 Å². The van der Waals surface area contributed by atoms with E-state index in [0.717, 1.165) is 17.7 Å². The number of methoxy groups -OCH3 is 1. The van der Waals surface area contributed by atoms with Crippen LogP contribution < -0.4 is 10.6 Å². The van der Waals surface area contributed by atoms with Gasteiger partial charge in [-0.3, -0.25) is 9.59 Å². The van der Waals surface area contributed by atoms with Crippen molar-refractivity contribution in [2.45, 2.75) is 13.3 Å². The second-order valence-electron chi connectivity index (χ2n) is 5.29. The maximum absolute atomic E-state index is 12.2. The smallest absolute Gasteiger partial charge is 0.291 e.